The van der Waals surface area contributed by atoms with Crippen LogP contribution in [0.25, 0.3) is 0 Å². The van der Waals surface area contributed by atoms with Crippen LogP contribution in [-0.4, -0.2) is 23.1 Å². The second-order valence-corrected chi connectivity index (χ2v) is 5.00. The average molecular weight is 202 g/mol. The predicted molar refractivity (Wildman–Crippen MR) is 51.7 cm³/mol. The SMILES string of the molecule is CC(C)(C)OC(=O)C(=O)OC(C)(C)C. The molecule has 0 spiro atoms. The van der Waals surface area contributed by atoms with E-state index in [-0.39, 0.29) is 0 Å². The highest BCUT2D eigenvalue weighted by Crippen LogP contribution is 2.11. The zero-order chi connectivity index (χ0) is 11.6. The van der Waals surface area contributed by atoms with Crippen molar-refractivity contribution in [1.82, 2.24) is 0 Å². The minimum atomic E-state index is -0.951. The Morgan fingerprint density at radius 3 is 1.07 bits per heavy atom. The van der Waals surface area contributed by atoms with Gasteiger partial charge >= 0.3 is 11.9 Å². The van der Waals surface area contributed by atoms with Gasteiger partial charge in [-0.05, 0) is 41.5 Å². The Hall–Kier alpha value is -1.06. The Bertz CT molecular complexity index is 203. The van der Waals surface area contributed by atoms with Crippen LogP contribution in [0.1, 0.15) is 41.5 Å². The molecule has 0 aliphatic carbocycles. The fourth-order valence-corrected chi connectivity index (χ4v) is 0.640. The van der Waals surface area contributed by atoms with Crippen LogP contribution in [0.5, 0.6) is 0 Å². The molecule has 0 rings (SSSR count). The molecule has 14 heavy (non-hydrogen) atoms. The molecule has 0 aromatic carbocycles. The van der Waals surface area contributed by atoms with Gasteiger partial charge in [-0.15, -0.1) is 0 Å². The van der Waals surface area contributed by atoms with Crippen LogP contribution < -0.4 is 0 Å². The second-order valence-electron chi connectivity index (χ2n) is 5.00. The lowest BCUT2D eigenvalue weighted by Crippen LogP contribution is -2.34. The third-order valence-electron chi connectivity index (χ3n) is 0.964. The molecule has 0 heterocycles. The van der Waals surface area contributed by atoms with Gasteiger partial charge in [-0.25, -0.2) is 9.59 Å². The number of hydrogen-bond acceptors (Lipinski definition) is 4. The highest BCUT2D eigenvalue weighted by atomic mass is 16.6. The molecule has 0 unspecified atom stereocenters. The van der Waals surface area contributed by atoms with Crippen LogP contribution in [0.2, 0.25) is 0 Å². The van der Waals surface area contributed by atoms with E-state index in [4.69, 9.17) is 9.47 Å². The Morgan fingerprint density at radius 2 is 0.929 bits per heavy atom. The van der Waals surface area contributed by atoms with Crippen molar-refractivity contribution in [3.8, 4) is 0 Å². The Morgan fingerprint density at radius 1 is 0.714 bits per heavy atom. The Kier molecular flexibility index (Phi) is 3.68. The van der Waals surface area contributed by atoms with Crippen LogP contribution in [-0.2, 0) is 19.1 Å². The highest BCUT2D eigenvalue weighted by Gasteiger charge is 2.27. The molecule has 0 fully saturated rings. The van der Waals surface area contributed by atoms with Crippen molar-refractivity contribution in [3.63, 3.8) is 0 Å². The van der Waals surface area contributed by atoms with Gasteiger partial charge in [0.1, 0.15) is 11.2 Å². The lowest BCUT2D eigenvalue weighted by Gasteiger charge is -2.22. The normalized spacial score (nSPS) is 12.1. The van der Waals surface area contributed by atoms with E-state index in [0.29, 0.717) is 0 Å². The van der Waals surface area contributed by atoms with Crippen molar-refractivity contribution in [2.75, 3.05) is 0 Å². The molecule has 0 amide bonds. The van der Waals surface area contributed by atoms with E-state index in [1.54, 1.807) is 41.5 Å². The molecule has 4 heteroatoms. The lowest BCUT2D eigenvalue weighted by atomic mass is 10.2. The van der Waals surface area contributed by atoms with E-state index >= 15 is 0 Å². The van der Waals surface area contributed by atoms with Crippen molar-refractivity contribution in [2.24, 2.45) is 0 Å². The molecule has 0 saturated heterocycles. The summed E-state index contributed by atoms with van der Waals surface area (Å²) in [6.07, 6.45) is 0. The summed E-state index contributed by atoms with van der Waals surface area (Å²) in [4.78, 5) is 22.3. The first-order valence-corrected chi connectivity index (χ1v) is 4.47. The minimum Gasteiger partial charge on any atom is -0.452 e. The molecule has 0 radical (unpaired) electrons. The van der Waals surface area contributed by atoms with E-state index in [0.717, 1.165) is 0 Å². The van der Waals surface area contributed by atoms with Crippen LogP contribution in [0.3, 0.4) is 0 Å². The van der Waals surface area contributed by atoms with Crippen molar-refractivity contribution >= 4 is 11.9 Å². The van der Waals surface area contributed by atoms with Gasteiger partial charge in [0.25, 0.3) is 0 Å². The quantitative estimate of drug-likeness (QED) is 0.443. The molecule has 0 bridgehead atoms. The van der Waals surface area contributed by atoms with E-state index in [1.807, 2.05) is 0 Å². The first-order chi connectivity index (χ1) is 6.01. The predicted octanol–water partition coefficient (Wildman–Crippen LogP) is 1.67. The fraction of sp³-hybridized carbons (Fsp3) is 0.800. The van der Waals surface area contributed by atoms with Gasteiger partial charge in [-0.3, -0.25) is 0 Å². The molecule has 0 saturated carbocycles. The summed E-state index contributed by atoms with van der Waals surface area (Å²) >= 11 is 0. The molecule has 0 atom stereocenters. The summed E-state index contributed by atoms with van der Waals surface area (Å²) in [5, 5.41) is 0. The van der Waals surface area contributed by atoms with Gasteiger partial charge in [-0.1, -0.05) is 0 Å². The van der Waals surface area contributed by atoms with E-state index in [1.165, 1.54) is 0 Å². The number of carbonyl (C=O) groups excluding carboxylic acids is 2. The zero-order valence-electron chi connectivity index (χ0n) is 9.63. The first kappa shape index (κ1) is 12.9. The summed E-state index contributed by atoms with van der Waals surface area (Å²) < 4.78 is 9.66. The molecule has 0 aliphatic heterocycles. The molecule has 0 N–H and O–H groups in total. The summed E-state index contributed by atoms with van der Waals surface area (Å²) in [6.45, 7) is 10.1. The van der Waals surface area contributed by atoms with Crippen molar-refractivity contribution in [3.05, 3.63) is 0 Å². The van der Waals surface area contributed by atoms with Crippen molar-refractivity contribution in [1.29, 1.82) is 0 Å². The van der Waals surface area contributed by atoms with Gasteiger partial charge < -0.3 is 9.47 Å². The summed E-state index contributed by atoms with van der Waals surface area (Å²) in [7, 11) is 0. The van der Waals surface area contributed by atoms with Crippen LogP contribution in [0, 0.1) is 0 Å². The molecule has 0 aromatic heterocycles. The lowest BCUT2D eigenvalue weighted by molar-refractivity contribution is -0.180. The van der Waals surface area contributed by atoms with Gasteiger partial charge in [-0.2, -0.15) is 0 Å². The van der Waals surface area contributed by atoms with E-state index in [9.17, 15) is 9.59 Å². The first-order valence-electron chi connectivity index (χ1n) is 4.47. The maximum Gasteiger partial charge on any atom is 0.418 e. The fourth-order valence-electron chi connectivity index (χ4n) is 0.640. The topological polar surface area (TPSA) is 52.6 Å². The number of ether oxygens (including phenoxy) is 2. The maximum absolute atomic E-state index is 11.1. The average Bonchev–Trinajstić information content (AvgIpc) is 1.78. The highest BCUT2D eigenvalue weighted by molar-refractivity contribution is 6.29. The molecule has 0 aliphatic rings. The van der Waals surface area contributed by atoms with Gasteiger partial charge in [0, 0.05) is 0 Å². The zero-order valence-corrected chi connectivity index (χ0v) is 9.63. The van der Waals surface area contributed by atoms with E-state index < -0.39 is 23.1 Å². The number of carbonyl (C=O) groups is 2. The van der Waals surface area contributed by atoms with Crippen molar-refractivity contribution < 1.29 is 19.1 Å². The number of esters is 2. The molecule has 82 valence electrons. The summed E-state index contributed by atoms with van der Waals surface area (Å²) in [6, 6.07) is 0. The number of rotatable bonds is 0. The second kappa shape index (κ2) is 3.98. The van der Waals surface area contributed by atoms with Crippen molar-refractivity contribution in [2.45, 2.75) is 52.7 Å². The monoisotopic (exact) mass is 202 g/mol. The minimum absolute atomic E-state index is 0.673. The standard InChI is InChI=1S/C10H18O4/c1-9(2,3)13-7(11)8(12)14-10(4,5)6/h1-6H3. The smallest absolute Gasteiger partial charge is 0.418 e. The van der Waals surface area contributed by atoms with Crippen LogP contribution >= 0.6 is 0 Å². The van der Waals surface area contributed by atoms with E-state index in [2.05, 4.69) is 0 Å². The summed E-state index contributed by atoms with van der Waals surface area (Å²) in [5.41, 5.74) is -1.35. The van der Waals surface area contributed by atoms with Gasteiger partial charge in [0.15, 0.2) is 0 Å². The molecule has 0 aromatic rings. The van der Waals surface area contributed by atoms with Crippen LogP contribution in [0.15, 0.2) is 0 Å². The Labute approximate surface area is 84.6 Å². The largest absolute Gasteiger partial charge is 0.452 e. The third kappa shape index (κ3) is 6.46. The maximum atomic E-state index is 11.1. The molecular formula is C10H18O4. The van der Waals surface area contributed by atoms with Gasteiger partial charge in [0.05, 0.1) is 0 Å². The number of hydrogen-bond donors (Lipinski definition) is 0. The third-order valence-corrected chi connectivity index (χ3v) is 0.964. The Balaban J connectivity index is 4.22. The molecule has 4 nitrogen and oxygen atoms in total. The summed E-state index contributed by atoms with van der Waals surface area (Å²) in [5.74, 6) is -1.90. The van der Waals surface area contributed by atoms with Crippen LogP contribution in [0.4, 0.5) is 0 Å². The molecular weight excluding hydrogens is 184 g/mol. The van der Waals surface area contributed by atoms with Gasteiger partial charge in [0.2, 0.25) is 0 Å².